The van der Waals surface area contributed by atoms with Crippen molar-refractivity contribution in [3.05, 3.63) is 0 Å². The van der Waals surface area contributed by atoms with Gasteiger partial charge in [-0.3, -0.25) is 0 Å². The van der Waals surface area contributed by atoms with Crippen LogP contribution >= 0.6 is 0 Å². The molecule has 0 saturated carbocycles. The number of unbranched alkanes of at least 4 members (excludes halogenated alkanes) is 11. The molecule has 0 spiro atoms. The fraction of sp³-hybridized carbons (Fsp3) is 1.00. The summed E-state index contributed by atoms with van der Waals surface area (Å²) in [6.07, 6.45) is 16.4. The summed E-state index contributed by atoms with van der Waals surface area (Å²) in [5.41, 5.74) is 0. The van der Waals surface area contributed by atoms with E-state index in [9.17, 15) is 18.1 Å². The third-order valence-corrected chi connectivity index (χ3v) is 6.22. The molecule has 152 valence electrons. The maximum Gasteiger partial charge on any atom is 1.00 e. The summed E-state index contributed by atoms with van der Waals surface area (Å²) < 4.78 is 34.0. The third kappa shape index (κ3) is 19.6. The van der Waals surface area contributed by atoms with Crippen LogP contribution in [0.5, 0.6) is 0 Å². The molecular formula is C20H41NaO4S. The topological polar surface area (TPSA) is 77.4 Å². The van der Waals surface area contributed by atoms with Crippen molar-refractivity contribution in [3.8, 4) is 0 Å². The molecule has 0 aliphatic rings. The van der Waals surface area contributed by atoms with E-state index in [1.165, 1.54) is 57.8 Å². The zero-order chi connectivity index (χ0) is 19.0. The molecule has 0 aliphatic heterocycles. The van der Waals surface area contributed by atoms with E-state index in [0.29, 0.717) is 25.7 Å². The molecule has 0 aromatic carbocycles. The van der Waals surface area contributed by atoms with Gasteiger partial charge in [-0.05, 0) is 32.6 Å². The Morgan fingerprint density at radius 3 is 1.50 bits per heavy atom. The fourth-order valence-electron chi connectivity index (χ4n) is 3.29. The molecule has 4 nitrogen and oxygen atoms in total. The first-order valence-corrected chi connectivity index (χ1v) is 12.0. The molecule has 2 unspecified atom stereocenters. The maximum atomic E-state index is 11.3. The van der Waals surface area contributed by atoms with Crippen LogP contribution in [0.15, 0.2) is 0 Å². The summed E-state index contributed by atoms with van der Waals surface area (Å²) in [7, 11) is -4.21. The van der Waals surface area contributed by atoms with Crippen molar-refractivity contribution >= 4 is 10.1 Å². The van der Waals surface area contributed by atoms with Gasteiger partial charge in [-0.25, -0.2) is 8.42 Å². The molecule has 0 fully saturated rings. The van der Waals surface area contributed by atoms with Gasteiger partial charge in [0.15, 0.2) is 0 Å². The number of aliphatic hydroxyl groups is 1. The van der Waals surface area contributed by atoms with Gasteiger partial charge in [-0.15, -0.1) is 0 Å². The van der Waals surface area contributed by atoms with Crippen LogP contribution in [0.1, 0.15) is 117 Å². The van der Waals surface area contributed by atoms with Crippen LogP contribution in [0.2, 0.25) is 0 Å². The molecule has 0 amide bonds. The van der Waals surface area contributed by atoms with Crippen molar-refractivity contribution in [2.75, 3.05) is 0 Å². The van der Waals surface area contributed by atoms with E-state index in [4.69, 9.17) is 0 Å². The van der Waals surface area contributed by atoms with Crippen LogP contribution in [-0.4, -0.2) is 29.4 Å². The molecule has 0 bridgehead atoms. The Hall–Kier alpha value is 0.870. The average molecular weight is 401 g/mol. The summed E-state index contributed by atoms with van der Waals surface area (Å²) in [4.78, 5) is 0. The van der Waals surface area contributed by atoms with Crippen LogP contribution in [0.25, 0.3) is 0 Å². The summed E-state index contributed by atoms with van der Waals surface area (Å²) >= 11 is 0. The van der Waals surface area contributed by atoms with Gasteiger partial charge in [0.05, 0.1) is 16.2 Å². The molecule has 0 rings (SSSR count). The molecule has 0 radical (unpaired) electrons. The molecule has 2 atom stereocenters. The number of hydrogen-bond donors (Lipinski definition) is 1. The molecule has 6 heteroatoms. The molecule has 0 aromatic rings. The second-order valence-corrected chi connectivity index (χ2v) is 9.22. The van der Waals surface area contributed by atoms with Crippen molar-refractivity contribution in [2.45, 2.75) is 128 Å². The van der Waals surface area contributed by atoms with E-state index in [1.54, 1.807) is 6.92 Å². The predicted octanol–water partition coefficient (Wildman–Crippen LogP) is 2.55. The third-order valence-electron chi connectivity index (χ3n) is 4.94. The van der Waals surface area contributed by atoms with Crippen LogP contribution in [-0.2, 0) is 10.1 Å². The molecular weight excluding hydrogens is 359 g/mol. The van der Waals surface area contributed by atoms with E-state index >= 15 is 0 Å². The standard InChI is InChI=1S/C20H42O4S.Na/c1-3-4-5-6-7-8-9-10-11-12-13-14-17-20(25(22,23)24)18-15-16-19(2)21;/h19-21H,3-18H2,1-2H3,(H,22,23,24);/q;+1/p-1. The summed E-state index contributed by atoms with van der Waals surface area (Å²) in [5.74, 6) is 0. The minimum atomic E-state index is -4.21. The molecule has 0 heterocycles. The zero-order valence-corrected chi connectivity index (χ0v) is 20.4. The minimum Gasteiger partial charge on any atom is -0.748 e. The summed E-state index contributed by atoms with van der Waals surface area (Å²) in [5, 5.41) is 8.46. The van der Waals surface area contributed by atoms with E-state index < -0.39 is 21.5 Å². The van der Waals surface area contributed by atoms with Crippen LogP contribution in [0.3, 0.4) is 0 Å². The van der Waals surface area contributed by atoms with E-state index in [1.807, 2.05) is 0 Å². The van der Waals surface area contributed by atoms with Crippen molar-refractivity contribution in [2.24, 2.45) is 0 Å². The van der Waals surface area contributed by atoms with Crippen molar-refractivity contribution in [3.63, 3.8) is 0 Å². The van der Waals surface area contributed by atoms with E-state index in [0.717, 1.165) is 19.3 Å². The molecule has 0 saturated heterocycles. The number of rotatable bonds is 18. The van der Waals surface area contributed by atoms with Gasteiger partial charge in [0.2, 0.25) is 0 Å². The van der Waals surface area contributed by atoms with Gasteiger partial charge in [0.25, 0.3) is 0 Å². The quantitative estimate of drug-likeness (QED) is 0.218. The van der Waals surface area contributed by atoms with Crippen LogP contribution < -0.4 is 29.6 Å². The van der Waals surface area contributed by atoms with Gasteiger partial charge in [0.1, 0.15) is 0 Å². The predicted molar refractivity (Wildman–Crippen MR) is 105 cm³/mol. The average Bonchev–Trinajstić information content (AvgIpc) is 2.52. The molecule has 26 heavy (non-hydrogen) atoms. The van der Waals surface area contributed by atoms with Gasteiger partial charge >= 0.3 is 29.6 Å². The summed E-state index contributed by atoms with van der Waals surface area (Å²) in [6.45, 7) is 3.93. The normalized spacial score (nSPS) is 14.0. The second-order valence-electron chi connectivity index (χ2n) is 7.57. The first kappa shape index (κ1) is 29.1. The summed E-state index contributed by atoms with van der Waals surface area (Å²) in [6, 6.07) is 0. The Labute approximate surface area is 185 Å². The molecule has 0 aliphatic carbocycles. The van der Waals surface area contributed by atoms with Crippen LogP contribution in [0, 0.1) is 0 Å². The fourth-order valence-corrected chi connectivity index (χ4v) is 4.20. The first-order valence-electron chi connectivity index (χ1n) is 10.5. The van der Waals surface area contributed by atoms with Crippen LogP contribution in [0.4, 0.5) is 0 Å². The Balaban J connectivity index is 0. The van der Waals surface area contributed by atoms with Gasteiger partial charge in [-0.1, -0.05) is 84.0 Å². The maximum absolute atomic E-state index is 11.3. The smallest absolute Gasteiger partial charge is 0.748 e. The van der Waals surface area contributed by atoms with Crippen molar-refractivity contribution in [1.82, 2.24) is 0 Å². The first-order chi connectivity index (χ1) is 11.9. The SMILES string of the molecule is CCCCCCCCCCCCCCC(CCCC(C)O)S(=O)(=O)[O-].[Na+]. The van der Waals surface area contributed by atoms with E-state index in [-0.39, 0.29) is 29.6 Å². The zero-order valence-electron chi connectivity index (χ0n) is 17.5. The largest absolute Gasteiger partial charge is 1.00 e. The minimum absolute atomic E-state index is 0. The Morgan fingerprint density at radius 1 is 0.731 bits per heavy atom. The molecule has 0 aromatic heterocycles. The second kappa shape index (κ2) is 19.2. The Bertz CT molecular complexity index is 385. The van der Waals surface area contributed by atoms with E-state index in [2.05, 4.69) is 6.92 Å². The van der Waals surface area contributed by atoms with Crippen molar-refractivity contribution < 1.29 is 47.6 Å². The number of aliphatic hydroxyl groups excluding tert-OH is 1. The number of hydrogen-bond acceptors (Lipinski definition) is 4. The van der Waals surface area contributed by atoms with Crippen molar-refractivity contribution in [1.29, 1.82) is 0 Å². The Morgan fingerprint density at radius 2 is 1.12 bits per heavy atom. The molecule has 1 N–H and O–H groups in total. The Kier molecular flexibility index (Phi) is 21.5. The van der Waals surface area contributed by atoms with Gasteiger partial charge in [0, 0.05) is 5.25 Å². The van der Waals surface area contributed by atoms with Gasteiger partial charge in [-0.2, -0.15) is 0 Å². The monoisotopic (exact) mass is 400 g/mol. The van der Waals surface area contributed by atoms with Gasteiger partial charge < -0.3 is 9.66 Å².